The van der Waals surface area contributed by atoms with Crippen LogP contribution in [0.15, 0.2) is 219 Å². The van der Waals surface area contributed by atoms with Crippen molar-refractivity contribution in [1.29, 1.82) is 0 Å². The van der Waals surface area contributed by atoms with Crippen molar-refractivity contribution < 1.29 is 25.8 Å². The predicted molar refractivity (Wildman–Crippen MR) is 303 cm³/mol. The topological polar surface area (TPSA) is 33.5 Å². The Bertz CT molecular complexity index is 3780. The summed E-state index contributed by atoms with van der Waals surface area (Å²) in [5.74, 6) is 2.00. The maximum atomic E-state index is 6.79. The molecule has 0 fully saturated rings. The third-order valence-electron chi connectivity index (χ3n) is 14.0. The monoisotopic (exact) mass is 1140 g/mol. The van der Waals surface area contributed by atoms with Gasteiger partial charge in [-0.2, -0.15) is 12.1 Å². The number of ether oxygens (including phenoxy) is 1. The first-order chi connectivity index (χ1) is 35.4. The molecule has 74 heavy (non-hydrogen) atoms. The molecule has 0 radical (unpaired) electrons. The zero-order chi connectivity index (χ0) is 49.8. The molecule has 0 N–H and O–H groups in total. The number of nitrogens with zero attached hydrogens (tertiary/aromatic N) is 4. The summed E-state index contributed by atoms with van der Waals surface area (Å²) in [4.78, 5) is 9.52. The number of fused-ring (bicyclic) bond motifs is 4. The summed E-state index contributed by atoms with van der Waals surface area (Å²) in [5.41, 5.74) is 17.7. The molecular weight excluding hydrogens is 1080 g/mol. The summed E-state index contributed by atoms with van der Waals surface area (Å²) in [7, 11) is 0. The first-order valence-corrected chi connectivity index (χ1v) is 25.1. The molecule has 2 aromatic heterocycles. The molecular formula is C68H55N4OPt-3. The summed E-state index contributed by atoms with van der Waals surface area (Å²) in [6.45, 7) is 15.7. The van der Waals surface area contributed by atoms with Crippen LogP contribution in [-0.2, 0) is 31.9 Å². The fraction of sp³-hybridized carbons (Fsp3) is 0.118. The Morgan fingerprint density at radius 1 is 0.432 bits per heavy atom. The van der Waals surface area contributed by atoms with Crippen LogP contribution < -0.4 is 14.5 Å². The fourth-order valence-corrected chi connectivity index (χ4v) is 10.1. The van der Waals surface area contributed by atoms with Gasteiger partial charge in [-0.3, -0.25) is 0 Å². The molecule has 5 nitrogen and oxygen atoms in total. The number of para-hydroxylation sites is 2. The van der Waals surface area contributed by atoms with Crippen LogP contribution in [0.25, 0.3) is 72.1 Å². The largest absolute Gasteiger partial charge is 0.509 e. The van der Waals surface area contributed by atoms with Gasteiger partial charge in [-0.25, -0.2) is 4.98 Å². The van der Waals surface area contributed by atoms with E-state index in [0.717, 1.165) is 67.1 Å². The maximum Gasteiger partial charge on any atom is 0.135 e. The molecule has 0 atom stereocenters. The van der Waals surface area contributed by atoms with Gasteiger partial charge in [0.1, 0.15) is 5.82 Å². The van der Waals surface area contributed by atoms with Crippen LogP contribution in [0.3, 0.4) is 0 Å². The molecule has 3 heterocycles. The van der Waals surface area contributed by atoms with Gasteiger partial charge in [0.2, 0.25) is 0 Å². The molecule has 6 heteroatoms. The molecule has 0 amide bonds. The summed E-state index contributed by atoms with van der Waals surface area (Å²) in [6.07, 6.45) is 1.92. The molecule has 0 spiro atoms. The van der Waals surface area contributed by atoms with Gasteiger partial charge in [0, 0.05) is 66.9 Å². The van der Waals surface area contributed by atoms with Gasteiger partial charge in [0.05, 0.1) is 0 Å². The van der Waals surface area contributed by atoms with Crippen LogP contribution in [0.2, 0.25) is 0 Å². The van der Waals surface area contributed by atoms with E-state index in [4.69, 9.17) is 9.72 Å². The fourth-order valence-electron chi connectivity index (χ4n) is 10.1. The third-order valence-corrected chi connectivity index (χ3v) is 14.0. The summed E-state index contributed by atoms with van der Waals surface area (Å²) in [5, 5.41) is 2.16. The Morgan fingerprint density at radius 3 is 1.66 bits per heavy atom. The van der Waals surface area contributed by atoms with Crippen molar-refractivity contribution in [3.05, 3.63) is 248 Å². The molecule has 0 saturated heterocycles. The second kappa shape index (κ2) is 19.5. The molecule has 9 aromatic carbocycles. The van der Waals surface area contributed by atoms with Crippen LogP contribution in [0.4, 0.5) is 22.7 Å². The number of hydrogen-bond acceptors (Lipinski definition) is 4. The van der Waals surface area contributed by atoms with Crippen molar-refractivity contribution >= 4 is 44.6 Å². The smallest absolute Gasteiger partial charge is 0.135 e. The average molecular weight is 1140 g/mol. The normalized spacial score (nSPS) is 12.5. The van der Waals surface area contributed by atoms with Crippen LogP contribution in [0, 0.1) is 18.8 Å². The van der Waals surface area contributed by atoms with E-state index in [0.29, 0.717) is 11.5 Å². The number of benzene rings is 9. The molecule has 0 aliphatic carbocycles. The van der Waals surface area contributed by atoms with Crippen LogP contribution in [0.1, 0.15) is 52.7 Å². The van der Waals surface area contributed by atoms with Crippen LogP contribution >= 0.6 is 0 Å². The summed E-state index contributed by atoms with van der Waals surface area (Å²) >= 11 is 0. The van der Waals surface area contributed by atoms with Crippen molar-refractivity contribution in [2.75, 3.05) is 9.80 Å². The Morgan fingerprint density at radius 2 is 1.01 bits per heavy atom. The molecule has 12 rings (SSSR count). The van der Waals surface area contributed by atoms with E-state index < -0.39 is 0 Å². The van der Waals surface area contributed by atoms with Crippen molar-refractivity contribution in [3.8, 4) is 61.8 Å². The molecule has 0 bridgehead atoms. The van der Waals surface area contributed by atoms with E-state index in [2.05, 4.69) is 269 Å². The maximum absolute atomic E-state index is 6.79. The number of aromatic nitrogens is 2. The van der Waals surface area contributed by atoms with Gasteiger partial charge >= 0.3 is 0 Å². The second-order valence-electron chi connectivity index (χ2n) is 21.0. The molecule has 366 valence electrons. The minimum absolute atomic E-state index is 0. The van der Waals surface area contributed by atoms with Crippen molar-refractivity contribution in [1.82, 2.24) is 9.55 Å². The molecule has 0 unspecified atom stereocenters. The van der Waals surface area contributed by atoms with E-state index in [9.17, 15) is 0 Å². The molecule has 1 aliphatic rings. The zero-order valence-electron chi connectivity index (χ0n) is 42.4. The predicted octanol–water partition coefficient (Wildman–Crippen LogP) is 18.2. The SMILES string of the molecule is CC(C)(C)c1ccnc(-n2c3[c-]c(Oc4[c-]c(N5[CH-]N(c6cc(C(C)(C)C)ccc6-c6ccccc6)c6ccccc65)ccc4)ccc3c3cc(-c4cc(-c5ccccc5)cc(-c5ccccc5)c4)ccc32)c1.[Pt]. The first kappa shape index (κ1) is 48.3. The van der Waals surface area contributed by atoms with Gasteiger partial charge in [-0.1, -0.05) is 174 Å². The number of rotatable bonds is 9. The van der Waals surface area contributed by atoms with Gasteiger partial charge in [-0.05, 0) is 121 Å². The van der Waals surface area contributed by atoms with Gasteiger partial charge in [0.15, 0.2) is 0 Å². The number of pyridine rings is 1. The Hall–Kier alpha value is -7.98. The van der Waals surface area contributed by atoms with E-state index >= 15 is 0 Å². The Labute approximate surface area is 449 Å². The van der Waals surface area contributed by atoms with Crippen molar-refractivity contribution in [3.63, 3.8) is 0 Å². The number of hydrogen-bond donors (Lipinski definition) is 0. The quantitative estimate of drug-likeness (QED) is 0.135. The molecule has 11 aromatic rings. The van der Waals surface area contributed by atoms with E-state index in [1.54, 1.807) is 0 Å². The van der Waals surface area contributed by atoms with Gasteiger partial charge < -0.3 is 19.1 Å². The Kier molecular flexibility index (Phi) is 12.7. The van der Waals surface area contributed by atoms with Crippen molar-refractivity contribution in [2.45, 2.75) is 52.4 Å². The van der Waals surface area contributed by atoms with E-state index in [1.165, 1.54) is 38.9 Å². The zero-order valence-corrected chi connectivity index (χ0v) is 44.6. The molecule has 1 aliphatic heterocycles. The van der Waals surface area contributed by atoms with E-state index in [-0.39, 0.29) is 31.9 Å². The second-order valence-corrected chi connectivity index (χ2v) is 21.0. The Balaban J connectivity index is 0.00000588. The van der Waals surface area contributed by atoms with E-state index in [1.807, 2.05) is 24.4 Å². The molecule has 0 saturated carbocycles. The summed E-state index contributed by atoms with van der Waals surface area (Å²) < 4.78 is 9.02. The summed E-state index contributed by atoms with van der Waals surface area (Å²) in [6, 6.07) is 83.0. The standard InChI is InChI=1S/C68H55N4O.Pt/c1-67(2,3)53-30-32-58(48-23-14-9-15-24-48)64(41-53)71-45-70(62-27-16-17-28-63(62)71)55-25-18-26-56(43-55)73-57-31-33-59-60-40-49(29-34-61(60)72(65(59)44-57)66-42-54(35-36-69-66)68(4,5)6)52-38-50(46-19-10-7-11-20-46)37-51(39-52)47-21-12-8-13-22-47;/h7-42,45H,1-6H3;/q-3;. The van der Waals surface area contributed by atoms with Gasteiger partial charge in [-0.15, -0.1) is 48.1 Å². The number of anilines is 4. The van der Waals surface area contributed by atoms with Crippen LogP contribution in [-0.4, -0.2) is 9.55 Å². The minimum Gasteiger partial charge on any atom is -0.509 e. The first-order valence-electron chi connectivity index (χ1n) is 25.1. The van der Waals surface area contributed by atoms with Gasteiger partial charge in [0.25, 0.3) is 0 Å². The van der Waals surface area contributed by atoms with Crippen molar-refractivity contribution in [2.24, 2.45) is 0 Å². The minimum atomic E-state index is -0.0757. The third kappa shape index (κ3) is 9.22. The van der Waals surface area contributed by atoms with Crippen LogP contribution in [0.5, 0.6) is 11.5 Å². The average Bonchev–Trinajstić information content (AvgIpc) is 3.97.